The summed E-state index contributed by atoms with van der Waals surface area (Å²) in [7, 11) is 0. The molecule has 1 atom stereocenters. The number of aliphatic carboxylic acids is 1. The van der Waals surface area contributed by atoms with Crippen molar-refractivity contribution in [3.8, 4) is 0 Å². The zero-order valence-electron chi connectivity index (χ0n) is 12.0. The lowest BCUT2D eigenvalue weighted by Gasteiger charge is -2.16. The van der Waals surface area contributed by atoms with Gasteiger partial charge in [0.25, 0.3) is 0 Å². The maximum absolute atomic E-state index is 11.1. The Morgan fingerprint density at radius 3 is 2.65 bits per heavy atom. The first kappa shape index (κ1) is 13.7. The highest BCUT2D eigenvalue weighted by Gasteiger charge is 2.27. The Hall–Kier alpha value is -1.32. The molecule has 1 aromatic heterocycles. The van der Waals surface area contributed by atoms with Crippen LogP contribution in [0.25, 0.3) is 0 Å². The molecular weight excluding hydrogens is 252 g/mol. The van der Waals surface area contributed by atoms with Crippen LogP contribution in [-0.2, 0) is 24.1 Å². The molecule has 1 saturated carbocycles. The number of fused-ring (bicyclic) bond motifs is 1. The van der Waals surface area contributed by atoms with Crippen LogP contribution in [0.1, 0.15) is 62.2 Å². The lowest BCUT2D eigenvalue weighted by molar-refractivity contribution is -0.142. The van der Waals surface area contributed by atoms with Gasteiger partial charge in [-0.3, -0.25) is 4.79 Å². The molecule has 0 bridgehead atoms. The number of aromatic amines is 1. The standard InChI is InChI=1S/C16H24N2O2/c19-16(20)12-7-8-13-14(10-12)18-15(17-13)9-11-5-3-1-2-4-6-11/h11-12H,1-10H2,(H,17,18)(H,19,20). The van der Waals surface area contributed by atoms with Crippen molar-refractivity contribution in [2.75, 3.05) is 0 Å². The summed E-state index contributed by atoms with van der Waals surface area (Å²) < 4.78 is 0. The second kappa shape index (κ2) is 5.98. The molecule has 0 amide bonds. The first-order valence-electron chi connectivity index (χ1n) is 8.02. The highest BCUT2D eigenvalue weighted by molar-refractivity contribution is 5.70. The van der Waals surface area contributed by atoms with Gasteiger partial charge in [0.1, 0.15) is 5.82 Å². The molecule has 2 N–H and O–H groups in total. The number of aryl methyl sites for hydroxylation is 1. The summed E-state index contributed by atoms with van der Waals surface area (Å²) in [6, 6.07) is 0. The van der Waals surface area contributed by atoms with E-state index in [9.17, 15) is 4.79 Å². The second-order valence-corrected chi connectivity index (χ2v) is 6.45. The molecule has 0 spiro atoms. The van der Waals surface area contributed by atoms with Crippen LogP contribution in [0.5, 0.6) is 0 Å². The number of imidazole rings is 1. The topological polar surface area (TPSA) is 66.0 Å². The quantitative estimate of drug-likeness (QED) is 0.834. The van der Waals surface area contributed by atoms with E-state index in [2.05, 4.69) is 4.98 Å². The fraction of sp³-hybridized carbons (Fsp3) is 0.750. The zero-order valence-corrected chi connectivity index (χ0v) is 12.0. The predicted octanol–water partition coefficient (Wildman–Crippen LogP) is 3.11. The summed E-state index contributed by atoms with van der Waals surface area (Å²) in [4.78, 5) is 19.2. The molecule has 3 rings (SSSR count). The number of nitrogens with one attached hydrogen (secondary N) is 1. The highest BCUT2D eigenvalue weighted by atomic mass is 16.4. The van der Waals surface area contributed by atoms with E-state index in [0.717, 1.165) is 42.4 Å². The van der Waals surface area contributed by atoms with E-state index in [0.29, 0.717) is 6.42 Å². The maximum atomic E-state index is 11.1. The van der Waals surface area contributed by atoms with Crippen LogP contribution in [-0.4, -0.2) is 21.0 Å². The van der Waals surface area contributed by atoms with Gasteiger partial charge < -0.3 is 10.1 Å². The van der Waals surface area contributed by atoms with E-state index >= 15 is 0 Å². The lowest BCUT2D eigenvalue weighted by atomic mass is 9.90. The highest BCUT2D eigenvalue weighted by Crippen LogP contribution is 2.28. The number of hydrogen-bond donors (Lipinski definition) is 2. The molecular formula is C16H24N2O2. The predicted molar refractivity (Wildman–Crippen MR) is 76.6 cm³/mol. The molecule has 1 aromatic rings. The molecule has 2 aliphatic carbocycles. The van der Waals surface area contributed by atoms with Crippen molar-refractivity contribution in [2.45, 2.75) is 64.2 Å². The average Bonchev–Trinajstić information content (AvgIpc) is 2.64. The number of aromatic nitrogens is 2. The fourth-order valence-corrected chi connectivity index (χ4v) is 3.69. The largest absolute Gasteiger partial charge is 0.481 e. The molecule has 1 fully saturated rings. The van der Waals surface area contributed by atoms with Crippen molar-refractivity contribution < 1.29 is 9.90 Å². The summed E-state index contributed by atoms with van der Waals surface area (Å²) >= 11 is 0. The van der Waals surface area contributed by atoms with Gasteiger partial charge in [0, 0.05) is 18.5 Å². The Morgan fingerprint density at radius 1 is 1.20 bits per heavy atom. The Labute approximate surface area is 120 Å². The Kier molecular flexibility index (Phi) is 4.08. The van der Waals surface area contributed by atoms with Crippen molar-refractivity contribution in [2.24, 2.45) is 11.8 Å². The normalized spacial score (nSPS) is 24.1. The van der Waals surface area contributed by atoms with E-state index in [1.54, 1.807) is 0 Å². The molecule has 0 saturated heterocycles. The number of H-pyrrole nitrogens is 1. The van der Waals surface area contributed by atoms with E-state index in [-0.39, 0.29) is 5.92 Å². The van der Waals surface area contributed by atoms with Gasteiger partial charge in [-0.2, -0.15) is 0 Å². The molecule has 20 heavy (non-hydrogen) atoms. The van der Waals surface area contributed by atoms with Crippen molar-refractivity contribution in [3.63, 3.8) is 0 Å². The number of carbonyl (C=O) groups is 1. The minimum atomic E-state index is -0.671. The van der Waals surface area contributed by atoms with Crippen LogP contribution in [0.15, 0.2) is 0 Å². The van der Waals surface area contributed by atoms with Crippen LogP contribution in [0.3, 0.4) is 0 Å². The summed E-state index contributed by atoms with van der Waals surface area (Å²) in [6.07, 6.45) is 11.3. The third-order valence-electron chi connectivity index (χ3n) is 4.90. The number of carboxylic acid groups (broad SMARTS) is 1. The minimum absolute atomic E-state index is 0.228. The second-order valence-electron chi connectivity index (χ2n) is 6.45. The zero-order chi connectivity index (χ0) is 13.9. The van der Waals surface area contributed by atoms with E-state index in [4.69, 9.17) is 10.1 Å². The Balaban J connectivity index is 1.65. The first-order chi connectivity index (χ1) is 9.72. The van der Waals surface area contributed by atoms with Gasteiger partial charge in [0.2, 0.25) is 0 Å². The number of hydrogen-bond acceptors (Lipinski definition) is 2. The average molecular weight is 276 g/mol. The smallest absolute Gasteiger partial charge is 0.306 e. The summed E-state index contributed by atoms with van der Waals surface area (Å²) in [5, 5.41) is 9.13. The summed E-state index contributed by atoms with van der Waals surface area (Å²) in [5.41, 5.74) is 2.19. The van der Waals surface area contributed by atoms with Crippen molar-refractivity contribution >= 4 is 5.97 Å². The third-order valence-corrected chi connectivity index (χ3v) is 4.90. The van der Waals surface area contributed by atoms with Gasteiger partial charge in [0.15, 0.2) is 0 Å². The van der Waals surface area contributed by atoms with Crippen LogP contribution in [0.4, 0.5) is 0 Å². The molecule has 4 nitrogen and oxygen atoms in total. The van der Waals surface area contributed by atoms with Gasteiger partial charge in [-0.25, -0.2) is 4.98 Å². The minimum Gasteiger partial charge on any atom is -0.481 e. The molecule has 0 radical (unpaired) electrons. The third kappa shape index (κ3) is 3.05. The maximum Gasteiger partial charge on any atom is 0.306 e. The van der Waals surface area contributed by atoms with E-state index in [1.807, 2.05) is 0 Å². The molecule has 110 valence electrons. The number of carboxylic acids is 1. The monoisotopic (exact) mass is 276 g/mol. The van der Waals surface area contributed by atoms with Crippen molar-refractivity contribution in [1.82, 2.24) is 9.97 Å². The molecule has 1 unspecified atom stereocenters. The summed E-state index contributed by atoms with van der Waals surface area (Å²) in [5.74, 6) is 0.956. The fourth-order valence-electron chi connectivity index (χ4n) is 3.69. The SMILES string of the molecule is O=C(O)C1CCc2nc(CC3CCCCCC3)[nH]c2C1. The van der Waals surface area contributed by atoms with E-state index in [1.165, 1.54) is 38.5 Å². The number of nitrogens with zero attached hydrogens (tertiary/aromatic N) is 1. The van der Waals surface area contributed by atoms with Crippen molar-refractivity contribution in [3.05, 3.63) is 17.2 Å². The number of rotatable bonds is 3. The van der Waals surface area contributed by atoms with Gasteiger partial charge in [-0.05, 0) is 18.8 Å². The van der Waals surface area contributed by atoms with Crippen molar-refractivity contribution in [1.29, 1.82) is 0 Å². The molecule has 0 aromatic carbocycles. The molecule has 1 heterocycles. The molecule has 2 aliphatic rings. The first-order valence-corrected chi connectivity index (χ1v) is 8.02. The van der Waals surface area contributed by atoms with Gasteiger partial charge in [0.05, 0.1) is 11.6 Å². The van der Waals surface area contributed by atoms with Crippen LogP contribution >= 0.6 is 0 Å². The Bertz CT molecular complexity index is 473. The molecule has 0 aliphatic heterocycles. The molecule has 4 heteroatoms. The Morgan fingerprint density at radius 2 is 1.95 bits per heavy atom. The van der Waals surface area contributed by atoms with Crippen LogP contribution in [0, 0.1) is 11.8 Å². The van der Waals surface area contributed by atoms with Gasteiger partial charge in [-0.1, -0.05) is 38.5 Å². The van der Waals surface area contributed by atoms with Crippen LogP contribution in [0.2, 0.25) is 0 Å². The van der Waals surface area contributed by atoms with Gasteiger partial charge >= 0.3 is 5.97 Å². The summed E-state index contributed by atoms with van der Waals surface area (Å²) in [6.45, 7) is 0. The lowest BCUT2D eigenvalue weighted by Crippen LogP contribution is -2.22. The van der Waals surface area contributed by atoms with E-state index < -0.39 is 5.97 Å². The van der Waals surface area contributed by atoms with Gasteiger partial charge in [-0.15, -0.1) is 0 Å². The van der Waals surface area contributed by atoms with Crippen LogP contribution < -0.4 is 0 Å².